The molecule has 0 spiro atoms. The summed E-state index contributed by atoms with van der Waals surface area (Å²) in [6, 6.07) is 9.48. The van der Waals surface area contributed by atoms with Crippen LogP contribution in [0.2, 0.25) is 0 Å². The third-order valence-corrected chi connectivity index (χ3v) is 4.73. The lowest BCUT2D eigenvalue weighted by Gasteiger charge is -2.22. The zero-order chi connectivity index (χ0) is 15.5. The van der Waals surface area contributed by atoms with Gasteiger partial charge in [0.1, 0.15) is 5.01 Å². The first-order valence-electron chi connectivity index (χ1n) is 7.50. The average molecular weight is 315 g/mol. The summed E-state index contributed by atoms with van der Waals surface area (Å²) in [7, 11) is 0. The first-order chi connectivity index (χ1) is 10.7. The minimum atomic E-state index is -0.296. The van der Waals surface area contributed by atoms with Crippen molar-refractivity contribution in [3.63, 3.8) is 0 Å². The standard InChI is InChI=1S/C17H17NO3S/c1-2-3-7-12-10-13(19)21-15-14(12)17(20)22-16(18-15)11-8-5-4-6-9-11/h4-6,8-9,12H,2-3,7,10H2,1H3. The molecular formula is C17H17NO3S. The first kappa shape index (κ1) is 14.9. The van der Waals surface area contributed by atoms with Crippen molar-refractivity contribution < 1.29 is 9.53 Å². The van der Waals surface area contributed by atoms with Crippen molar-refractivity contribution >= 4 is 17.3 Å². The molecule has 0 radical (unpaired) electrons. The third-order valence-electron chi connectivity index (χ3n) is 3.80. The zero-order valence-corrected chi connectivity index (χ0v) is 13.2. The Bertz CT molecular complexity index is 739. The lowest BCUT2D eigenvalue weighted by Crippen LogP contribution is -2.26. The molecular weight excluding hydrogens is 298 g/mol. The van der Waals surface area contributed by atoms with Gasteiger partial charge in [0, 0.05) is 11.5 Å². The van der Waals surface area contributed by atoms with Crippen molar-refractivity contribution in [1.29, 1.82) is 0 Å². The van der Waals surface area contributed by atoms with Crippen LogP contribution in [-0.4, -0.2) is 11.0 Å². The molecule has 3 rings (SSSR count). The van der Waals surface area contributed by atoms with Gasteiger partial charge in [-0.3, -0.25) is 9.59 Å². The van der Waals surface area contributed by atoms with Crippen LogP contribution in [0.4, 0.5) is 0 Å². The van der Waals surface area contributed by atoms with Crippen LogP contribution in [0.25, 0.3) is 10.6 Å². The number of carbonyl (C=O) groups is 1. The lowest BCUT2D eigenvalue weighted by atomic mass is 9.91. The molecule has 1 aromatic heterocycles. The van der Waals surface area contributed by atoms with E-state index in [2.05, 4.69) is 11.9 Å². The highest BCUT2D eigenvalue weighted by Gasteiger charge is 2.31. The van der Waals surface area contributed by atoms with Gasteiger partial charge in [-0.15, -0.1) is 0 Å². The van der Waals surface area contributed by atoms with Gasteiger partial charge in [0.2, 0.25) is 10.6 Å². The van der Waals surface area contributed by atoms with Crippen LogP contribution in [0.15, 0.2) is 35.1 Å². The van der Waals surface area contributed by atoms with Gasteiger partial charge in [-0.2, -0.15) is 0 Å². The Morgan fingerprint density at radius 3 is 2.77 bits per heavy atom. The number of carbonyl (C=O) groups excluding carboxylic acids is 1. The predicted molar refractivity (Wildman–Crippen MR) is 86.3 cm³/mol. The van der Waals surface area contributed by atoms with E-state index < -0.39 is 0 Å². The van der Waals surface area contributed by atoms with Crippen LogP contribution in [-0.2, 0) is 4.79 Å². The fourth-order valence-electron chi connectivity index (χ4n) is 2.68. The van der Waals surface area contributed by atoms with Crippen LogP contribution in [0.1, 0.15) is 44.1 Å². The summed E-state index contributed by atoms with van der Waals surface area (Å²) in [5, 5.41) is 0.591. The molecule has 1 aromatic carbocycles. The fourth-order valence-corrected chi connectivity index (χ4v) is 3.60. The number of hydrogen-bond acceptors (Lipinski definition) is 5. The van der Waals surface area contributed by atoms with E-state index >= 15 is 0 Å². The first-order valence-corrected chi connectivity index (χ1v) is 8.31. The summed E-state index contributed by atoms with van der Waals surface area (Å²) in [4.78, 5) is 28.8. The van der Waals surface area contributed by atoms with E-state index in [-0.39, 0.29) is 28.9 Å². The highest BCUT2D eigenvalue weighted by molar-refractivity contribution is 7.12. The largest absolute Gasteiger partial charge is 0.407 e. The van der Waals surface area contributed by atoms with Crippen molar-refractivity contribution in [3.8, 4) is 16.5 Å². The number of benzene rings is 1. The summed E-state index contributed by atoms with van der Waals surface area (Å²) in [5.74, 6) is -0.145. The number of ether oxygens (including phenoxy) is 1. The Labute approximate surface area is 132 Å². The van der Waals surface area contributed by atoms with Crippen LogP contribution < -0.4 is 9.48 Å². The number of unbranched alkanes of at least 4 members (excludes halogenated alkanes) is 1. The SMILES string of the molecule is CCCCC1CC(=O)Oc2nc(-c3ccccc3)sc(=O)c21. The molecule has 1 aliphatic heterocycles. The number of fused-ring (bicyclic) bond motifs is 1. The van der Waals surface area contributed by atoms with Gasteiger partial charge in [0.25, 0.3) is 0 Å². The molecule has 1 aliphatic rings. The van der Waals surface area contributed by atoms with E-state index in [4.69, 9.17) is 4.74 Å². The minimum absolute atomic E-state index is 0.0440. The van der Waals surface area contributed by atoms with Crippen molar-refractivity contribution in [3.05, 3.63) is 45.4 Å². The maximum atomic E-state index is 12.5. The topological polar surface area (TPSA) is 56.3 Å². The maximum Gasteiger partial charge on any atom is 0.313 e. The number of aromatic nitrogens is 1. The molecule has 114 valence electrons. The highest BCUT2D eigenvalue weighted by Crippen LogP contribution is 2.36. The molecule has 1 unspecified atom stereocenters. The highest BCUT2D eigenvalue weighted by atomic mass is 32.1. The molecule has 0 fully saturated rings. The van der Waals surface area contributed by atoms with E-state index in [0.29, 0.717) is 10.6 Å². The van der Waals surface area contributed by atoms with E-state index in [9.17, 15) is 9.59 Å². The summed E-state index contributed by atoms with van der Waals surface area (Å²) in [6.07, 6.45) is 3.13. The third kappa shape index (κ3) is 2.95. The second kappa shape index (κ2) is 6.40. The second-order valence-electron chi connectivity index (χ2n) is 5.41. The Balaban J connectivity index is 2.05. The summed E-state index contributed by atoms with van der Waals surface area (Å²) >= 11 is 1.13. The molecule has 0 N–H and O–H groups in total. The molecule has 1 atom stereocenters. The molecule has 0 saturated carbocycles. The van der Waals surface area contributed by atoms with Gasteiger partial charge in [-0.25, -0.2) is 4.98 Å². The summed E-state index contributed by atoms with van der Waals surface area (Å²) < 4.78 is 5.20. The van der Waals surface area contributed by atoms with Gasteiger partial charge in [-0.05, 0) is 6.42 Å². The van der Waals surface area contributed by atoms with Crippen molar-refractivity contribution in [2.75, 3.05) is 0 Å². The van der Waals surface area contributed by atoms with Crippen LogP contribution in [0, 0.1) is 0 Å². The molecule has 2 heterocycles. The Hall–Kier alpha value is -2.01. The van der Waals surface area contributed by atoms with E-state index in [1.165, 1.54) is 0 Å². The Morgan fingerprint density at radius 2 is 2.05 bits per heavy atom. The fraction of sp³-hybridized carbons (Fsp3) is 0.353. The number of rotatable bonds is 4. The van der Waals surface area contributed by atoms with Gasteiger partial charge in [0.05, 0.1) is 12.0 Å². The number of esters is 1. The predicted octanol–water partition coefficient (Wildman–Crippen LogP) is 3.75. The molecule has 0 aliphatic carbocycles. The Morgan fingerprint density at radius 1 is 1.27 bits per heavy atom. The lowest BCUT2D eigenvalue weighted by molar-refractivity contribution is -0.136. The van der Waals surface area contributed by atoms with Gasteiger partial charge in [-0.1, -0.05) is 61.4 Å². The zero-order valence-electron chi connectivity index (χ0n) is 12.4. The quantitative estimate of drug-likeness (QED) is 0.806. The van der Waals surface area contributed by atoms with Crippen molar-refractivity contribution in [2.45, 2.75) is 38.5 Å². The molecule has 2 aromatic rings. The maximum absolute atomic E-state index is 12.5. The normalized spacial score (nSPS) is 17.0. The van der Waals surface area contributed by atoms with Crippen molar-refractivity contribution in [1.82, 2.24) is 4.98 Å². The van der Waals surface area contributed by atoms with Crippen LogP contribution >= 0.6 is 11.3 Å². The van der Waals surface area contributed by atoms with Gasteiger partial charge in [0.15, 0.2) is 0 Å². The molecule has 0 amide bonds. The smallest absolute Gasteiger partial charge is 0.313 e. The molecule has 0 bridgehead atoms. The van der Waals surface area contributed by atoms with Crippen LogP contribution in [0.5, 0.6) is 5.88 Å². The average Bonchev–Trinajstić information content (AvgIpc) is 2.52. The number of nitrogens with zero attached hydrogens (tertiary/aromatic N) is 1. The van der Waals surface area contributed by atoms with Gasteiger partial charge < -0.3 is 4.74 Å². The van der Waals surface area contributed by atoms with E-state index in [1.54, 1.807) is 0 Å². The molecule has 0 saturated heterocycles. The molecule has 4 nitrogen and oxygen atoms in total. The van der Waals surface area contributed by atoms with E-state index in [1.807, 2.05) is 30.3 Å². The summed E-state index contributed by atoms with van der Waals surface area (Å²) in [6.45, 7) is 2.10. The molecule has 5 heteroatoms. The van der Waals surface area contributed by atoms with Gasteiger partial charge >= 0.3 is 5.97 Å². The summed E-state index contributed by atoms with van der Waals surface area (Å²) in [5.41, 5.74) is 1.44. The Kier molecular flexibility index (Phi) is 4.34. The minimum Gasteiger partial charge on any atom is -0.407 e. The van der Waals surface area contributed by atoms with E-state index in [0.717, 1.165) is 36.2 Å². The monoisotopic (exact) mass is 315 g/mol. The number of hydrogen-bond donors (Lipinski definition) is 0. The van der Waals surface area contributed by atoms with Crippen LogP contribution in [0.3, 0.4) is 0 Å². The van der Waals surface area contributed by atoms with Crippen molar-refractivity contribution in [2.24, 2.45) is 0 Å². The molecule has 22 heavy (non-hydrogen) atoms. The second-order valence-corrected chi connectivity index (χ2v) is 6.37.